The summed E-state index contributed by atoms with van der Waals surface area (Å²) in [6.45, 7) is 9.31. The Balaban J connectivity index is 0.00000154. The Labute approximate surface area is 112 Å². The highest BCUT2D eigenvalue weighted by Crippen LogP contribution is 2.29. The van der Waals surface area contributed by atoms with Gasteiger partial charge in [0.15, 0.2) is 5.69 Å². The van der Waals surface area contributed by atoms with E-state index in [1.807, 2.05) is 13.8 Å². The lowest BCUT2D eigenvalue weighted by molar-refractivity contribution is -0.141. The quantitative estimate of drug-likeness (QED) is 0.735. The molecule has 1 rings (SSSR count). The number of hydrogen-bond donors (Lipinski definition) is 0. The van der Waals surface area contributed by atoms with Crippen LogP contribution in [0.1, 0.15) is 32.3 Å². The number of halogens is 3. The maximum absolute atomic E-state index is 12.5. The normalized spacial score (nSPS) is 12.3. The summed E-state index contributed by atoms with van der Waals surface area (Å²) in [5.41, 5.74) is -0.310. The van der Waals surface area contributed by atoms with Gasteiger partial charge in [0.05, 0.1) is 0 Å². The molecule has 0 amide bonds. The summed E-state index contributed by atoms with van der Waals surface area (Å²) in [5.74, 6) is 0.260. The largest absolute Gasteiger partial charge is 0.434 e. The van der Waals surface area contributed by atoms with Crippen molar-refractivity contribution < 1.29 is 13.2 Å². The Morgan fingerprint density at radius 1 is 1.37 bits per heavy atom. The van der Waals surface area contributed by atoms with Crippen molar-refractivity contribution in [2.24, 2.45) is 7.05 Å². The lowest BCUT2D eigenvalue weighted by Crippen LogP contribution is -2.05. The first-order chi connectivity index (χ1) is 8.90. The van der Waals surface area contributed by atoms with Gasteiger partial charge in [0.2, 0.25) is 0 Å². The molecule has 5 heteroatoms. The second-order valence-electron chi connectivity index (χ2n) is 3.42. The van der Waals surface area contributed by atoms with Crippen LogP contribution in [0.25, 0.3) is 5.57 Å². The van der Waals surface area contributed by atoms with Crippen molar-refractivity contribution in [1.29, 1.82) is 0 Å². The molecule has 0 saturated carbocycles. The zero-order valence-electron chi connectivity index (χ0n) is 11.6. The molecule has 1 aromatic heterocycles. The predicted molar refractivity (Wildman–Crippen MR) is 72.5 cm³/mol. The summed E-state index contributed by atoms with van der Waals surface area (Å²) < 4.78 is 38.8. The van der Waals surface area contributed by atoms with E-state index in [-0.39, 0.29) is 5.82 Å². The molecule has 0 aliphatic rings. The summed E-state index contributed by atoms with van der Waals surface area (Å²) >= 11 is 0. The van der Waals surface area contributed by atoms with Crippen LogP contribution in [-0.2, 0) is 13.2 Å². The molecule has 19 heavy (non-hydrogen) atoms. The van der Waals surface area contributed by atoms with Crippen molar-refractivity contribution in [3.63, 3.8) is 0 Å². The van der Waals surface area contributed by atoms with Crippen LogP contribution in [0.4, 0.5) is 13.2 Å². The minimum atomic E-state index is -4.43. The predicted octanol–water partition coefficient (Wildman–Crippen LogP) is 4.61. The van der Waals surface area contributed by atoms with Crippen molar-refractivity contribution in [3.8, 4) is 0 Å². The molecule has 0 N–H and O–H groups in total. The fraction of sp³-hybridized carbons (Fsp3) is 0.357. The molecule has 0 aliphatic carbocycles. The maximum atomic E-state index is 12.5. The average Bonchev–Trinajstić information content (AvgIpc) is 2.73. The van der Waals surface area contributed by atoms with Crippen LogP contribution in [0.15, 0.2) is 37.1 Å². The van der Waals surface area contributed by atoms with Crippen molar-refractivity contribution in [1.82, 2.24) is 9.55 Å². The van der Waals surface area contributed by atoms with Gasteiger partial charge < -0.3 is 4.57 Å². The second-order valence-corrected chi connectivity index (χ2v) is 3.42. The summed E-state index contributed by atoms with van der Waals surface area (Å²) in [5, 5.41) is 0. The molecule has 1 aromatic rings. The van der Waals surface area contributed by atoms with E-state index in [1.54, 1.807) is 25.2 Å². The van der Waals surface area contributed by atoms with Gasteiger partial charge in [0.1, 0.15) is 5.82 Å². The molecular weight excluding hydrogens is 253 g/mol. The van der Waals surface area contributed by atoms with Gasteiger partial charge >= 0.3 is 6.18 Å². The summed E-state index contributed by atoms with van der Waals surface area (Å²) in [6.07, 6.45) is 3.09. The molecule has 0 fully saturated rings. The Bertz CT molecular complexity index is 466. The van der Waals surface area contributed by atoms with Gasteiger partial charge in [0, 0.05) is 18.8 Å². The van der Waals surface area contributed by atoms with Crippen LogP contribution in [0.2, 0.25) is 0 Å². The third kappa shape index (κ3) is 4.77. The number of aryl methyl sites for hydroxylation is 1. The molecule has 0 aromatic carbocycles. The molecule has 0 atom stereocenters. The van der Waals surface area contributed by atoms with Crippen LogP contribution in [0.5, 0.6) is 0 Å². The van der Waals surface area contributed by atoms with Crippen LogP contribution in [0, 0.1) is 0 Å². The van der Waals surface area contributed by atoms with Gasteiger partial charge in [-0.3, -0.25) is 0 Å². The van der Waals surface area contributed by atoms with E-state index in [0.717, 1.165) is 6.20 Å². The van der Waals surface area contributed by atoms with E-state index in [0.29, 0.717) is 5.57 Å². The number of aromatic nitrogens is 2. The third-order valence-electron chi connectivity index (χ3n) is 2.07. The van der Waals surface area contributed by atoms with Gasteiger partial charge in [-0.05, 0) is 6.92 Å². The fourth-order valence-electron chi connectivity index (χ4n) is 1.38. The van der Waals surface area contributed by atoms with Gasteiger partial charge in [-0.2, -0.15) is 13.2 Å². The summed E-state index contributed by atoms with van der Waals surface area (Å²) in [6, 6.07) is 0. The lowest BCUT2D eigenvalue weighted by atomic mass is 10.2. The number of nitrogens with zero attached hydrogens (tertiary/aromatic N) is 2. The number of imidazole rings is 1. The number of allylic oxidation sites excluding steroid dienone is 5. The molecule has 0 saturated heterocycles. The first-order valence-electron chi connectivity index (χ1n) is 5.96. The molecule has 106 valence electrons. The first kappa shape index (κ1) is 17.2. The zero-order chi connectivity index (χ0) is 15.1. The molecule has 0 aliphatic heterocycles. The standard InChI is InChI=1S/C12H13F3N2.C2H6/c1-4-6-9(7-5-2)11-16-10(8-17(11)3)12(13,14)15;1-2/h4-8H,1H2,2-3H3;1-2H3/b7-5-,9-6+;. The molecular formula is C14H19F3N2. The molecule has 2 nitrogen and oxygen atoms in total. The van der Waals surface area contributed by atoms with Crippen LogP contribution < -0.4 is 0 Å². The highest BCUT2D eigenvalue weighted by molar-refractivity contribution is 5.71. The van der Waals surface area contributed by atoms with Crippen molar-refractivity contribution >= 4 is 5.57 Å². The maximum Gasteiger partial charge on any atom is 0.434 e. The van der Waals surface area contributed by atoms with E-state index >= 15 is 0 Å². The SMILES string of the molecule is C=C/C=C(\C=C/C)c1nc(C(F)(F)F)cn1C.CC. The monoisotopic (exact) mass is 272 g/mol. The lowest BCUT2D eigenvalue weighted by Gasteiger charge is -2.01. The van der Waals surface area contributed by atoms with Gasteiger partial charge in [-0.15, -0.1) is 0 Å². The number of hydrogen-bond acceptors (Lipinski definition) is 1. The first-order valence-corrected chi connectivity index (χ1v) is 5.96. The topological polar surface area (TPSA) is 17.8 Å². The van der Waals surface area contributed by atoms with Crippen molar-refractivity contribution in [2.75, 3.05) is 0 Å². The Morgan fingerprint density at radius 3 is 2.32 bits per heavy atom. The minimum Gasteiger partial charge on any atom is -0.333 e. The Morgan fingerprint density at radius 2 is 1.95 bits per heavy atom. The highest BCUT2D eigenvalue weighted by Gasteiger charge is 2.34. The van der Waals surface area contributed by atoms with E-state index in [9.17, 15) is 13.2 Å². The van der Waals surface area contributed by atoms with E-state index in [2.05, 4.69) is 11.6 Å². The number of alkyl halides is 3. The van der Waals surface area contributed by atoms with Gasteiger partial charge in [0.25, 0.3) is 0 Å². The molecule has 1 heterocycles. The summed E-state index contributed by atoms with van der Waals surface area (Å²) in [4.78, 5) is 3.59. The number of rotatable bonds is 3. The van der Waals surface area contributed by atoms with Crippen LogP contribution in [0.3, 0.4) is 0 Å². The van der Waals surface area contributed by atoms with Crippen LogP contribution >= 0.6 is 0 Å². The Kier molecular flexibility index (Phi) is 6.90. The van der Waals surface area contributed by atoms with Crippen molar-refractivity contribution in [2.45, 2.75) is 26.9 Å². The third-order valence-corrected chi connectivity index (χ3v) is 2.07. The summed E-state index contributed by atoms with van der Waals surface area (Å²) in [7, 11) is 1.53. The van der Waals surface area contributed by atoms with Gasteiger partial charge in [-0.1, -0.05) is 44.7 Å². The zero-order valence-corrected chi connectivity index (χ0v) is 11.6. The molecule has 0 unspecified atom stereocenters. The van der Waals surface area contributed by atoms with Crippen molar-refractivity contribution in [3.05, 3.63) is 48.6 Å². The fourth-order valence-corrected chi connectivity index (χ4v) is 1.38. The molecule has 0 spiro atoms. The highest BCUT2D eigenvalue weighted by atomic mass is 19.4. The van der Waals surface area contributed by atoms with Gasteiger partial charge in [-0.25, -0.2) is 4.98 Å². The van der Waals surface area contributed by atoms with E-state index < -0.39 is 11.9 Å². The van der Waals surface area contributed by atoms with E-state index in [4.69, 9.17) is 0 Å². The minimum absolute atomic E-state index is 0.260. The van der Waals surface area contributed by atoms with E-state index in [1.165, 1.54) is 17.7 Å². The molecule has 0 bridgehead atoms. The van der Waals surface area contributed by atoms with Crippen LogP contribution in [-0.4, -0.2) is 9.55 Å². The average molecular weight is 272 g/mol. The molecule has 0 radical (unpaired) electrons. The smallest absolute Gasteiger partial charge is 0.333 e. The second kappa shape index (κ2) is 7.61. The Hall–Kier alpha value is -1.78.